The van der Waals surface area contributed by atoms with Gasteiger partial charge in [-0.1, -0.05) is 30.3 Å². The van der Waals surface area contributed by atoms with E-state index >= 15 is 0 Å². The van der Waals surface area contributed by atoms with Crippen molar-refractivity contribution in [2.45, 2.75) is 18.0 Å². The number of rotatable bonds is 5. The number of thiophene rings is 1. The van der Waals surface area contributed by atoms with Crippen LogP contribution in [0.3, 0.4) is 0 Å². The van der Waals surface area contributed by atoms with Gasteiger partial charge in [-0.3, -0.25) is 9.69 Å². The molecule has 2 aliphatic heterocycles. The molecule has 2 aromatic carbocycles. The van der Waals surface area contributed by atoms with Crippen LogP contribution < -0.4 is 10.5 Å². The quantitative estimate of drug-likeness (QED) is 0.471. The third-order valence-corrected chi connectivity index (χ3v) is 7.80. The molecule has 0 saturated carbocycles. The van der Waals surface area contributed by atoms with Crippen molar-refractivity contribution in [2.24, 2.45) is 5.73 Å². The maximum absolute atomic E-state index is 13.2. The van der Waals surface area contributed by atoms with Crippen LogP contribution in [-0.2, 0) is 20.9 Å². The summed E-state index contributed by atoms with van der Waals surface area (Å²) in [6, 6.07) is 14.8. The van der Waals surface area contributed by atoms with Crippen LogP contribution in [0.5, 0.6) is 5.75 Å². The first-order chi connectivity index (χ1) is 15.1. The Morgan fingerprint density at radius 2 is 1.97 bits per heavy atom. The van der Waals surface area contributed by atoms with Gasteiger partial charge in [-0.05, 0) is 34.7 Å². The molecule has 0 bridgehead atoms. The number of thioether (sulfide) groups is 1. The summed E-state index contributed by atoms with van der Waals surface area (Å²) < 4.78 is 11.9. The van der Waals surface area contributed by atoms with Gasteiger partial charge in [0.15, 0.2) is 0 Å². The first kappa shape index (κ1) is 20.1. The number of carbonyl (C=O) groups is 2. The second-order valence-corrected chi connectivity index (χ2v) is 9.35. The molecular formula is C23H20N2O4S2. The van der Waals surface area contributed by atoms with Crippen molar-refractivity contribution in [3.05, 3.63) is 70.7 Å². The number of nitrogens with zero attached hydrogens (tertiary/aromatic N) is 1. The highest BCUT2D eigenvalue weighted by molar-refractivity contribution is 8.00. The zero-order chi connectivity index (χ0) is 21.5. The molecule has 0 aliphatic carbocycles. The fourth-order valence-corrected chi connectivity index (χ4v) is 6.15. The summed E-state index contributed by atoms with van der Waals surface area (Å²) in [7, 11) is 1.60. The lowest BCUT2D eigenvalue weighted by Crippen LogP contribution is -2.68. The highest BCUT2D eigenvalue weighted by Gasteiger charge is 2.52. The highest BCUT2D eigenvalue weighted by atomic mass is 32.2. The minimum Gasteiger partial charge on any atom is -0.497 e. The number of methoxy groups -OCH3 is 1. The number of benzene rings is 2. The summed E-state index contributed by atoms with van der Waals surface area (Å²) in [6.07, 6.45) is 0. The van der Waals surface area contributed by atoms with E-state index in [-0.39, 0.29) is 17.9 Å². The summed E-state index contributed by atoms with van der Waals surface area (Å²) in [5.74, 6) is 0.574. The molecule has 0 radical (unpaired) electrons. The normalized spacial score (nSPS) is 20.5. The minimum atomic E-state index is -0.588. The van der Waals surface area contributed by atoms with Gasteiger partial charge in [0.05, 0.1) is 7.11 Å². The van der Waals surface area contributed by atoms with Crippen molar-refractivity contribution < 1.29 is 19.1 Å². The van der Waals surface area contributed by atoms with E-state index in [2.05, 4.69) is 6.07 Å². The van der Waals surface area contributed by atoms with Crippen LogP contribution in [0, 0.1) is 0 Å². The molecule has 31 heavy (non-hydrogen) atoms. The maximum atomic E-state index is 13.2. The average molecular weight is 453 g/mol. The summed E-state index contributed by atoms with van der Waals surface area (Å²) in [5, 5.41) is 2.88. The second-order valence-electron chi connectivity index (χ2n) is 7.33. The zero-order valence-corrected chi connectivity index (χ0v) is 18.4. The van der Waals surface area contributed by atoms with Crippen molar-refractivity contribution in [1.29, 1.82) is 0 Å². The third-order valence-electron chi connectivity index (χ3n) is 5.54. The molecule has 0 spiro atoms. The lowest BCUT2D eigenvalue weighted by atomic mass is 9.99. The number of esters is 1. The third kappa shape index (κ3) is 3.40. The number of amides is 1. The van der Waals surface area contributed by atoms with Crippen molar-refractivity contribution in [3.8, 4) is 5.75 Å². The maximum Gasteiger partial charge on any atom is 0.355 e. The van der Waals surface area contributed by atoms with Gasteiger partial charge in [0.1, 0.15) is 29.5 Å². The standard InChI is InChI=1S/C23H20N2O4S2/c1-28-14-8-6-13(7-9-14)10-29-23(27)20-17(12-31-22-19(24)21(26)25(20)22)16-11-30-18-5-3-2-4-15(16)18/h2-9,11,19,22H,10,12,24H2,1H3/t19-,22-/m1/s1. The van der Waals surface area contributed by atoms with Crippen molar-refractivity contribution in [3.63, 3.8) is 0 Å². The van der Waals surface area contributed by atoms with Gasteiger partial charge in [-0.15, -0.1) is 23.1 Å². The van der Waals surface area contributed by atoms with Crippen molar-refractivity contribution >= 4 is 50.6 Å². The summed E-state index contributed by atoms with van der Waals surface area (Å²) in [6.45, 7) is 0.107. The SMILES string of the molecule is COc1ccc(COC(=O)C2=C(c3csc4ccccc34)CS[C@@H]3[C@H](N)C(=O)N23)cc1. The summed E-state index contributed by atoms with van der Waals surface area (Å²) in [5.41, 5.74) is 8.93. The van der Waals surface area contributed by atoms with Gasteiger partial charge in [-0.2, -0.15) is 0 Å². The lowest BCUT2D eigenvalue weighted by Gasteiger charge is -2.48. The van der Waals surface area contributed by atoms with Gasteiger partial charge >= 0.3 is 5.97 Å². The molecule has 2 N–H and O–H groups in total. The van der Waals surface area contributed by atoms with Crippen LogP contribution in [0.4, 0.5) is 0 Å². The number of hydrogen-bond acceptors (Lipinski definition) is 7. The van der Waals surface area contributed by atoms with E-state index in [9.17, 15) is 9.59 Å². The van der Waals surface area contributed by atoms with E-state index in [1.165, 1.54) is 4.90 Å². The number of hydrogen-bond donors (Lipinski definition) is 1. The van der Waals surface area contributed by atoms with Crippen molar-refractivity contribution in [2.75, 3.05) is 12.9 Å². The van der Waals surface area contributed by atoms with E-state index in [1.807, 2.05) is 47.8 Å². The molecule has 158 valence electrons. The predicted octanol–water partition coefficient (Wildman–Crippen LogP) is 3.61. The molecule has 1 fully saturated rings. The molecule has 0 unspecified atom stereocenters. The molecule has 5 rings (SSSR count). The van der Waals surface area contributed by atoms with E-state index in [0.29, 0.717) is 11.4 Å². The Hall–Kier alpha value is -2.81. The van der Waals surface area contributed by atoms with Crippen LogP contribution in [0.2, 0.25) is 0 Å². The number of β-lactam (4-membered cyclic amide) rings is 1. The van der Waals surface area contributed by atoms with Gasteiger partial charge < -0.3 is 15.2 Å². The van der Waals surface area contributed by atoms with Gasteiger partial charge in [-0.25, -0.2) is 4.79 Å². The lowest BCUT2D eigenvalue weighted by molar-refractivity contribution is -0.151. The molecule has 1 saturated heterocycles. The smallest absolute Gasteiger partial charge is 0.355 e. The Morgan fingerprint density at radius 3 is 2.74 bits per heavy atom. The Labute approximate surface area is 187 Å². The number of nitrogens with two attached hydrogens (primary N) is 1. The average Bonchev–Trinajstić information content (AvgIpc) is 3.25. The second kappa shape index (κ2) is 8.03. The molecule has 3 aromatic rings. The van der Waals surface area contributed by atoms with Crippen LogP contribution in [0.15, 0.2) is 59.6 Å². The minimum absolute atomic E-state index is 0.107. The van der Waals surface area contributed by atoms with Crippen LogP contribution in [0.25, 0.3) is 15.7 Å². The van der Waals surface area contributed by atoms with Crippen LogP contribution >= 0.6 is 23.1 Å². The Kier molecular flexibility index (Phi) is 5.21. The topological polar surface area (TPSA) is 81.9 Å². The molecule has 2 aliphatic rings. The van der Waals surface area contributed by atoms with Gasteiger partial charge in [0, 0.05) is 21.4 Å². The predicted molar refractivity (Wildman–Crippen MR) is 123 cm³/mol. The number of carbonyl (C=O) groups excluding carboxylic acids is 2. The molecule has 6 nitrogen and oxygen atoms in total. The van der Waals surface area contributed by atoms with Gasteiger partial charge in [0.2, 0.25) is 5.91 Å². The molecule has 8 heteroatoms. The van der Waals surface area contributed by atoms with Gasteiger partial charge in [0.25, 0.3) is 0 Å². The monoisotopic (exact) mass is 452 g/mol. The molecule has 2 atom stereocenters. The highest BCUT2D eigenvalue weighted by Crippen LogP contribution is 2.45. The fourth-order valence-electron chi connectivity index (χ4n) is 3.86. The molecule has 1 aromatic heterocycles. The summed E-state index contributed by atoms with van der Waals surface area (Å²) >= 11 is 3.21. The van der Waals surface area contributed by atoms with E-state index in [1.54, 1.807) is 30.2 Å². The molecule has 3 heterocycles. The van der Waals surface area contributed by atoms with Crippen LogP contribution in [0.1, 0.15) is 11.1 Å². The Balaban J connectivity index is 1.50. The zero-order valence-electron chi connectivity index (χ0n) is 16.7. The Bertz CT molecular complexity index is 1200. The fraction of sp³-hybridized carbons (Fsp3) is 0.217. The van der Waals surface area contributed by atoms with E-state index in [4.69, 9.17) is 15.2 Å². The number of ether oxygens (including phenoxy) is 2. The largest absolute Gasteiger partial charge is 0.497 e. The van der Waals surface area contributed by atoms with E-state index < -0.39 is 12.0 Å². The molecule has 1 amide bonds. The first-order valence-electron chi connectivity index (χ1n) is 9.78. The Morgan fingerprint density at radius 1 is 1.19 bits per heavy atom. The van der Waals surface area contributed by atoms with E-state index in [0.717, 1.165) is 32.5 Å². The van der Waals surface area contributed by atoms with Crippen molar-refractivity contribution in [1.82, 2.24) is 4.90 Å². The molecular weight excluding hydrogens is 432 g/mol. The summed E-state index contributed by atoms with van der Waals surface area (Å²) in [4.78, 5) is 27.3. The first-order valence-corrected chi connectivity index (χ1v) is 11.7. The number of fused-ring (bicyclic) bond motifs is 2. The van der Waals surface area contributed by atoms with Crippen LogP contribution in [-0.4, -0.2) is 41.1 Å².